The topological polar surface area (TPSA) is 30.5 Å². The van der Waals surface area contributed by atoms with Crippen LogP contribution in [0.1, 0.15) is 4.88 Å². The largest absolute Gasteiger partial charge is 0.493 e. The lowest BCUT2D eigenvalue weighted by atomic mass is 10.3. The molecule has 0 saturated heterocycles. The first-order valence-corrected chi connectivity index (χ1v) is 7.20. The molecule has 0 unspecified atom stereocenters. The minimum Gasteiger partial charge on any atom is -0.493 e. The van der Waals surface area contributed by atoms with Crippen molar-refractivity contribution < 1.29 is 9.47 Å². The van der Waals surface area contributed by atoms with Crippen LogP contribution in [0.25, 0.3) is 0 Å². The van der Waals surface area contributed by atoms with Crippen molar-refractivity contribution in [2.45, 2.75) is 6.54 Å². The molecule has 0 radical (unpaired) electrons. The van der Waals surface area contributed by atoms with E-state index in [-0.39, 0.29) is 0 Å². The Labute approximate surface area is 122 Å². The predicted octanol–water partition coefficient (Wildman–Crippen LogP) is 3.58. The molecule has 0 fully saturated rings. The molecule has 2 aromatic rings. The molecule has 3 nitrogen and oxygen atoms in total. The van der Waals surface area contributed by atoms with Crippen LogP contribution in [0.3, 0.4) is 0 Å². The van der Waals surface area contributed by atoms with Crippen molar-refractivity contribution in [2.75, 3.05) is 20.3 Å². The first kappa shape index (κ1) is 14.2. The third kappa shape index (κ3) is 4.42. The third-order valence-corrected chi connectivity index (χ3v) is 3.76. The van der Waals surface area contributed by atoms with E-state index < -0.39 is 0 Å². The monoisotopic (exact) mass is 297 g/mol. The van der Waals surface area contributed by atoms with E-state index in [4.69, 9.17) is 21.1 Å². The number of para-hydroxylation sites is 2. The van der Waals surface area contributed by atoms with Crippen molar-refractivity contribution in [2.24, 2.45) is 0 Å². The number of hydrogen-bond donors (Lipinski definition) is 1. The zero-order valence-electron chi connectivity index (χ0n) is 10.7. The molecule has 0 spiro atoms. The van der Waals surface area contributed by atoms with Crippen molar-refractivity contribution in [1.82, 2.24) is 5.32 Å². The average Bonchev–Trinajstić information content (AvgIpc) is 2.84. The van der Waals surface area contributed by atoms with E-state index in [1.54, 1.807) is 18.4 Å². The lowest BCUT2D eigenvalue weighted by Gasteiger charge is -2.10. The fourth-order valence-electron chi connectivity index (χ4n) is 1.63. The molecule has 19 heavy (non-hydrogen) atoms. The second kappa shape index (κ2) is 7.38. The van der Waals surface area contributed by atoms with Crippen LogP contribution in [-0.4, -0.2) is 20.3 Å². The summed E-state index contributed by atoms with van der Waals surface area (Å²) in [5.41, 5.74) is 0. The summed E-state index contributed by atoms with van der Waals surface area (Å²) in [4.78, 5) is 1.22. The van der Waals surface area contributed by atoms with E-state index in [1.165, 1.54) is 4.88 Å². The van der Waals surface area contributed by atoms with Gasteiger partial charge in [0.1, 0.15) is 6.61 Å². The second-order valence-corrected chi connectivity index (χ2v) is 5.68. The highest BCUT2D eigenvalue weighted by Gasteiger charge is 2.02. The minimum absolute atomic E-state index is 0.597. The van der Waals surface area contributed by atoms with Gasteiger partial charge in [0, 0.05) is 18.0 Å². The van der Waals surface area contributed by atoms with E-state index >= 15 is 0 Å². The fourth-order valence-corrected chi connectivity index (χ4v) is 2.69. The summed E-state index contributed by atoms with van der Waals surface area (Å²) < 4.78 is 11.7. The summed E-state index contributed by atoms with van der Waals surface area (Å²) in [6, 6.07) is 11.6. The van der Waals surface area contributed by atoms with Crippen LogP contribution < -0.4 is 14.8 Å². The number of benzene rings is 1. The van der Waals surface area contributed by atoms with Crippen molar-refractivity contribution >= 4 is 22.9 Å². The first-order chi connectivity index (χ1) is 9.29. The normalized spacial score (nSPS) is 10.4. The highest BCUT2D eigenvalue weighted by molar-refractivity contribution is 7.16. The van der Waals surface area contributed by atoms with Crippen LogP contribution in [-0.2, 0) is 6.54 Å². The zero-order valence-corrected chi connectivity index (χ0v) is 12.3. The maximum atomic E-state index is 5.87. The molecule has 1 N–H and O–H groups in total. The Bertz CT molecular complexity index is 516. The Balaban J connectivity index is 1.69. The minimum atomic E-state index is 0.597. The molecule has 0 bridgehead atoms. The van der Waals surface area contributed by atoms with Crippen LogP contribution in [0.2, 0.25) is 4.34 Å². The molecular weight excluding hydrogens is 282 g/mol. The van der Waals surface area contributed by atoms with Gasteiger partial charge in [-0.05, 0) is 24.3 Å². The Kier molecular flexibility index (Phi) is 5.51. The van der Waals surface area contributed by atoms with Gasteiger partial charge in [0.25, 0.3) is 0 Å². The molecule has 0 aliphatic heterocycles. The third-order valence-electron chi connectivity index (χ3n) is 2.53. The van der Waals surface area contributed by atoms with Crippen molar-refractivity contribution in [3.05, 3.63) is 45.6 Å². The smallest absolute Gasteiger partial charge is 0.161 e. The fraction of sp³-hybridized carbons (Fsp3) is 0.286. The van der Waals surface area contributed by atoms with Crippen LogP contribution in [0.4, 0.5) is 0 Å². The van der Waals surface area contributed by atoms with E-state index in [1.807, 2.05) is 36.4 Å². The zero-order chi connectivity index (χ0) is 13.5. The molecule has 0 aliphatic rings. The maximum absolute atomic E-state index is 5.87. The molecule has 102 valence electrons. The number of rotatable bonds is 7. The molecule has 0 amide bonds. The van der Waals surface area contributed by atoms with Gasteiger partial charge in [0.2, 0.25) is 0 Å². The molecule has 0 saturated carbocycles. The lowest BCUT2D eigenvalue weighted by molar-refractivity contribution is 0.292. The summed E-state index contributed by atoms with van der Waals surface area (Å²) in [6.45, 7) is 2.18. The lowest BCUT2D eigenvalue weighted by Crippen LogP contribution is -2.20. The predicted molar refractivity (Wildman–Crippen MR) is 79.5 cm³/mol. The van der Waals surface area contributed by atoms with Crippen molar-refractivity contribution in [1.29, 1.82) is 0 Å². The Hall–Kier alpha value is -1.23. The Morgan fingerprint density at radius 3 is 2.63 bits per heavy atom. The quantitative estimate of drug-likeness (QED) is 0.793. The number of hydrogen-bond acceptors (Lipinski definition) is 4. The van der Waals surface area contributed by atoms with Gasteiger partial charge in [-0.25, -0.2) is 0 Å². The van der Waals surface area contributed by atoms with Crippen LogP contribution in [0.15, 0.2) is 36.4 Å². The standard InChI is InChI=1S/C14H16ClNO2S/c1-17-12-4-2-3-5-13(12)18-9-8-16-10-11-6-7-14(15)19-11/h2-7,16H,8-10H2,1H3. The van der Waals surface area contributed by atoms with Crippen LogP contribution in [0, 0.1) is 0 Å². The maximum Gasteiger partial charge on any atom is 0.161 e. The molecule has 5 heteroatoms. The summed E-state index contributed by atoms with van der Waals surface area (Å²) in [5.74, 6) is 1.53. The Morgan fingerprint density at radius 1 is 1.16 bits per heavy atom. The molecule has 1 aromatic heterocycles. The van der Waals surface area contributed by atoms with E-state index in [9.17, 15) is 0 Å². The van der Waals surface area contributed by atoms with Crippen LogP contribution >= 0.6 is 22.9 Å². The van der Waals surface area contributed by atoms with Crippen LogP contribution in [0.5, 0.6) is 11.5 Å². The highest BCUT2D eigenvalue weighted by atomic mass is 35.5. The van der Waals surface area contributed by atoms with Gasteiger partial charge in [0.05, 0.1) is 11.4 Å². The van der Waals surface area contributed by atoms with E-state index in [0.29, 0.717) is 6.61 Å². The van der Waals surface area contributed by atoms with Gasteiger partial charge in [-0.3, -0.25) is 0 Å². The molecule has 2 rings (SSSR count). The van der Waals surface area contributed by atoms with E-state index in [2.05, 4.69) is 5.32 Å². The van der Waals surface area contributed by atoms with Gasteiger partial charge >= 0.3 is 0 Å². The summed E-state index contributed by atoms with van der Waals surface area (Å²) >= 11 is 7.46. The van der Waals surface area contributed by atoms with Gasteiger partial charge in [0.15, 0.2) is 11.5 Å². The molecule has 1 heterocycles. The highest BCUT2D eigenvalue weighted by Crippen LogP contribution is 2.25. The van der Waals surface area contributed by atoms with Crippen molar-refractivity contribution in [3.63, 3.8) is 0 Å². The second-order valence-electron chi connectivity index (χ2n) is 3.88. The summed E-state index contributed by atoms with van der Waals surface area (Å²) in [5, 5.41) is 3.31. The van der Waals surface area contributed by atoms with Gasteiger partial charge in [-0.2, -0.15) is 0 Å². The van der Waals surface area contributed by atoms with E-state index in [0.717, 1.165) is 28.9 Å². The SMILES string of the molecule is COc1ccccc1OCCNCc1ccc(Cl)s1. The number of thiophene rings is 1. The number of ether oxygens (including phenoxy) is 2. The van der Waals surface area contributed by atoms with Gasteiger partial charge in [-0.15, -0.1) is 11.3 Å². The molecule has 0 aliphatic carbocycles. The molecular formula is C14H16ClNO2S. The summed E-state index contributed by atoms with van der Waals surface area (Å²) in [7, 11) is 1.64. The summed E-state index contributed by atoms with van der Waals surface area (Å²) in [6.07, 6.45) is 0. The number of nitrogens with one attached hydrogen (secondary N) is 1. The average molecular weight is 298 g/mol. The number of halogens is 1. The van der Waals surface area contributed by atoms with Gasteiger partial charge < -0.3 is 14.8 Å². The van der Waals surface area contributed by atoms with Crippen molar-refractivity contribution in [3.8, 4) is 11.5 Å². The number of methoxy groups -OCH3 is 1. The van der Waals surface area contributed by atoms with Gasteiger partial charge in [-0.1, -0.05) is 23.7 Å². The molecule has 1 aromatic carbocycles. The molecule has 0 atom stereocenters. The Morgan fingerprint density at radius 2 is 1.95 bits per heavy atom. The first-order valence-electron chi connectivity index (χ1n) is 6.00.